The first kappa shape index (κ1) is 16.1. The van der Waals surface area contributed by atoms with Crippen molar-refractivity contribution in [1.82, 2.24) is 25.6 Å². The van der Waals surface area contributed by atoms with E-state index in [1.807, 2.05) is 11.1 Å². The van der Waals surface area contributed by atoms with Gasteiger partial charge in [0.2, 0.25) is 5.91 Å². The van der Waals surface area contributed by atoms with E-state index in [2.05, 4.69) is 25.7 Å². The molecule has 23 heavy (non-hydrogen) atoms. The van der Waals surface area contributed by atoms with Crippen LogP contribution in [0, 0.1) is 11.3 Å². The number of pyridine rings is 1. The monoisotopic (exact) mass is 331 g/mol. The van der Waals surface area contributed by atoms with Crippen LogP contribution in [0.1, 0.15) is 11.3 Å². The van der Waals surface area contributed by atoms with Crippen molar-refractivity contribution < 1.29 is 4.79 Å². The van der Waals surface area contributed by atoms with Crippen molar-refractivity contribution >= 4 is 23.9 Å². The number of hydrazone groups is 1. The largest absolute Gasteiger partial charge is 0.342 e. The summed E-state index contributed by atoms with van der Waals surface area (Å²) >= 11 is 0.852. The van der Waals surface area contributed by atoms with E-state index in [0.29, 0.717) is 11.3 Å². The van der Waals surface area contributed by atoms with E-state index in [1.54, 1.807) is 12.1 Å². The summed E-state index contributed by atoms with van der Waals surface area (Å²) in [5.74, 6) is -0.576. The van der Waals surface area contributed by atoms with Crippen molar-refractivity contribution in [3.63, 3.8) is 0 Å². The first-order valence-corrected chi connectivity index (χ1v) is 7.07. The lowest BCUT2D eigenvalue weighted by Crippen LogP contribution is -2.26. The summed E-state index contributed by atoms with van der Waals surface area (Å²) in [5, 5.41) is 17.9. The molecule has 0 radical (unpaired) electrons. The van der Waals surface area contributed by atoms with Crippen LogP contribution in [0.25, 0.3) is 0 Å². The molecule has 2 heterocycles. The minimum Gasteiger partial charge on any atom is -0.272 e. The molecule has 11 heteroatoms. The van der Waals surface area contributed by atoms with E-state index in [9.17, 15) is 14.4 Å². The smallest absolute Gasteiger partial charge is 0.272 e. The van der Waals surface area contributed by atoms with E-state index in [-0.39, 0.29) is 10.8 Å². The molecule has 0 aliphatic carbocycles. The Balaban J connectivity index is 1.85. The third kappa shape index (κ3) is 4.90. The fourth-order valence-corrected chi connectivity index (χ4v) is 1.94. The number of aromatic amines is 2. The molecule has 116 valence electrons. The van der Waals surface area contributed by atoms with E-state index in [1.165, 1.54) is 12.4 Å². The van der Waals surface area contributed by atoms with E-state index in [0.717, 1.165) is 11.8 Å². The van der Waals surface area contributed by atoms with Crippen molar-refractivity contribution in [3.8, 4) is 6.07 Å². The number of thioether (sulfide) groups is 1. The molecule has 0 aliphatic rings. The van der Waals surface area contributed by atoms with Gasteiger partial charge in [-0.15, -0.1) is 0 Å². The molecule has 0 aromatic carbocycles. The Morgan fingerprint density at radius 2 is 2.30 bits per heavy atom. The normalized spacial score (nSPS) is 10.4. The second-order valence-corrected chi connectivity index (χ2v) is 4.94. The number of hydrogen-bond acceptors (Lipinski definition) is 8. The van der Waals surface area contributed by atoms with Gasteiger partial charge in [0.15, 0.2) is 5.03 Å². The minimum absolute atomic E-state index is 0.0301. The maximum absolute atomic E-state index is 11.6. The van der Waals surface area contributed by atoms with Crippen LogP contribution < -0.4 is 16.7 Å². The standard InChI is InChI=1S/C12H9N7O3S/c13-3-7-1-2-8(14-4-7)5-15-17-9(20)6-23-11-10(21)16-12(22)19-18-11/h1-2,4-5H,6H2,(H,17,20)(H2,16,19,21,22)/b15-5+. The summed E-state index contributed by atoms with van der Waals surface area (Å²) in [6, 6.07) is 5.08. The van der Waals surface area contributed by atoms with Gasteiger partial charge in [-0.1, -0.05) is 11.8 Å². The van der Waals surface area contributed by atoms with Gasteiger partial charge in [0.05, 0.1) is 23.2 Å². The predicted molar refractivity (Wildman–Crippen MR) is 80.9 cm³/mol. The average Bonchev–Trinajstić information content (AvgIpc) is 2.54. The third-order valence-corrected chi connectivity index (χ3v) is 3.28. The molecule has 0 saturated carbocycles. The van der Waals surface area contributed by atoms with E-state index >= 15 is 0 Å². The van der Waals surface area contributed by atoms with Crippen LogP contribution in [0.15, 0.2) is 38.0 Å². The second-order valence-electron chi connectivity index (χ2n) is 3.98. The molecule has 0 fully saturated rings. The molecule has 1 amide bonds. The SMILES string of the molecule is N#Cc1ccc(/C=N/NC(=O)CSc2n[nH]c(=O)[nH]c2=O)nc1. The van der Waals surface area contributed by atoms with Crippen molar-refractivity contribution in [2.24, 2.45) is 5.10 Å². The highest BCUT2D eigenvalue weighted by Crippen LogP contribution is 2.06. The van der Waals surface area contributed by atoms with Crippen molar-refractivity contribution in [3.05, 3.63) is 50.4 Å². The van der Waals surface area contributed by atoms with Gasteiger partial charge >= 0.3 is 5.69 Å². The summed E-state index contributed by atoms with van der Waals surface area (Å²) in [6.45, 7) is 0. The third-order valence-electron chi connectivity index (χ3n) is 2.32. The van der Waals surface area contributed by atoms with Crippen LogP contribution in [0.5, 0.6) is 0 Å². The van der Waals surface area contributed by atoms with Gasteiger partial charge in [-0.05, 0) is 12.1 Å². The van der Waals surface area contributed by atoms with E-state index < -0.39 is 17.2 Å². The number of nitrogens with zero attached hydrogens (tertiary/aromatic N) is 4. The first-order chi connectivity index (χ1) is 11.1. The number of carbonyl (C=O) groups excluding carboxylic acids is 1. The summed E-state index contributed by atoms with van der Waals surface area (Å²) in [7, 11) is 0. The fourth-order valence-electron chi connectivity index (χ4n) is 1.32. The summed E-state index contributed by atoms with van der Waals surface area (Å²) in [4.78, 5) is 39.6. The molecule has 2 aromatic heterocycles. The lowest BCUT2D eigenvalue weighted by Gasteiger charge is -1.98. The van der Waals surface area contributed by atoms with Gasteiger partial charge in [0.25, 0.3) is 5.56 Å². The Labute approximate surface area is 132 Å². The molecule has 2 aromatic rings. The average molecular weight is 331 g/mol. The summed E-state index contributed by atoms with van der Waals surface area (Å²) in [5.41, 5.74) is 1.75. The first-order valence-electron chi connectivity index (χ1n) is 6.08. The molecule has 0 bridgehead atoms. The summed E-state index contributed by atoms with van der Waals surface area (Å²) in [6.07, 6.45) is 2.70. The Morgan fingerprint density at radius 1 is 1.48 bits per heavy atom. The van der Waals surface area contributed by atoms with Crippen LogP contribution >= 0.6 is 11.8 Å². The van der Waals surface area contributed by atoms with Crippen molar-refractivity contribution in [2.45, 2.75) is 5.03 Å². The molecular formula is C12H9N7O3S. The number of carbonyl (C=O) groups is 1. The van der Waals surface area contributed by atoms with Gasteiger partial charge in [0.1, 0.15) is 6.07 Å². The predicted octanol–water partition coefficient (Wildman–Crippen LogP) is -1.03. The Bertz CT molecular complexity index is 879. The molecular weight excluding hydrogens is 322 g/mol. The van der Waals surface area contributed by atoms with Crippen LogP contribution in [0.4, 0.5) is 0 Å². The molecule has 0 saturated heterocycles. The topological polar surface area (TPSA) is 157 Å². The number of aromatic nitrogens is 4. The fraction of sp³-hybridized carbons (Fsp3) is 0.0833. The highest BCUT2D eigenvalue weighted by molar-refractivity contribution is 7.99. The van der Waals surface area contributed by atoms with Gasteiger partial charge in [-0.2, -0.15) is 15.5 Å². The van der Waals surface area contributed by atoms with Crippen LogP contribution in [0.2, 0.25) is 0 Å². The second kappa shape index (κ2) is 7.66. The lowest BCUT2D eigenvalue weighted by atomic mass is 10.3. The van der Waals surface area contributed by atoms with Crippen molar-refractivity contribution in [1.29, 1.82) is 5.26 Å². The maximum Gasteiger partial charge on any atom is 0.342 e. The van der Waals surface area contributed by atoms with Crippen LogP contribution in [-0.2, 0) is 4.79 Å². The van der Waals surface area contributed by atoms with Crippen molar-refractivity contribution in [2.75, 3.05) is 5.75 Å². The highest BCUT2D eigenvalue weighted by atomic mass is 32.2. The number of H-pyrrole nitrogens is 2. The van der Waals surface area contributed by atoms with Gasteiger partial charge in [-0.3, -0.25) is 19.6 Å². The van der Waals surface area contributed by atoms with Gasteiger partial charge in [-0.25, -0.2) is 15.3 Å². The molecule has 2 rings (SSSR count). The number of amides is 1. The van der Waals surface area contributed by atoms with Crippen LogP contribution in [-0.4, -0.2) is 38.0 Å². The Morgan fingerprint density at radius 3 is 2.96 bits per heavy atom. The Kier molecular flexibility index (Phi) is 5.37. The molecule has 0 spiro atoms. The Hall–Kier alpha value is -3.26. The zero-order chi connectivity index (χ0) is 16.7. The van der Waals surface area contributed by atoms with Crippen LogP contribution in [0.3, 0.4) is 0 Å². The minimum atomic E-state index is -0.719. The maximum atomic E-state index is 11.6. The number of nitrogens with one attached hydrogen (secondary N) is 3. The molecule has 10 nitrogen and oxygen atoms in total. The zero-order valence-corrected chi connectivity index (χ0v) is 12.3. The van der Waals surface area contributed by atoms with Gasteiger partial charge in [0, 0.05) is 6.20 Å². The lowest BCUT2D eigenvalue weighted by molar-refractivity contribution is -0.118. The molecule has 0 atom stereocenters. The highest BCUT2D eigenvalue weighted by Gasteiger charge is 2.07. The molecule has 3 N–H and O–H groups in total. The number of hydrogen-bond donors (Lipinski definition) is 3. The van der Waals surface area contributed by atoms with Gasteiger partial charge < -0.3 is 0 Å². The molecule has 0 unspecified atom stereocenters. The zero-order valence-electron chi connectivity index (χ0n) is 11.4. The summed E-state index contributed by atoms with van der Waals surface area (Å²) < 4.78 is 0. The molecule has 0 aliphatic heterocycles. The number of nitriles is 1. The quantitative estimate of drug-likeness (QED) is 0.359. The van der Waals surface area contributed by atoms with E-state index in [4.69, 9.17) is 5.26 Å². The number of rotatable bonds is 5.